The van der Waals surface area contributed by atoms with Gasteiger partial charge >= 0.3 is 0 Å². The fraction of sp³-hybridized carbons (Fsp3) is 0.389. The van der Waals surface area contributed by atoms with Crippen molar-refractivity contribution < 1.29 is 4.79 Å². The molecule has 2 rings (SSSR count). The molecule has 8 heteroatoms. The van der Waals surface area contributed by atoms with Crippen molar-refractivity contribution in [1.29, 1.82) is 0 Å². The molecule has 0 saturated heterocycles. The quantitative estimate of drug-likeness (QED) is 0.330. The highest BCUT2D eigenvalue weighted by Crippen LogP contribution is 2.10. The van der Waals surface area contributed by atoms with Crippen LogP contribution in [0.5, 0.6) is 0 Å². The molecular weight excluding hydrogens is 443 g/mol. The van der Waals surface area contributed by atoms with Gasteiger partial charge in [-0.1, -0.05) is 19.1 Å². The van der Waals surface area contributed by atoms with Gasteiger partial charge in [0.15, 0.2) is 5.96 Å². The molecule has 1 amide bonds. The van der Waals surface area contributed by atoms with Crippen molar-refractivity contribution in [2.24, 2.45) is 12.0 Å². The molecule has 7 nitrogen and oxygen atoms in total. The molecule has 0 aliphatic heterocycles. The number of amides is 1. The maximum atomic E-state index is 12.1. The van der Waals surface area contributed by atoms with E-state index in [1.54, 1.807) is 10.9 Å². The summed E-state index contributed by atoms with van der Waals surface area (Å²) in [4.78, 5) is 16.6. The van der Waals surface area contributed by atoms with E-state index in [0.717, 1.165) is 24.3 Å². The molecule has 142 valence electrons. The molecule has 26 heavy (non-hydrogen) atoms. The molecule has 0 spiro atoms. The number of aryl methyl sites for hydroxylation is 2. The van der Waals surface area contributed by atoms with E-state index in [0.29, 0.717) is 12.5 Å². The number of aliphatic imine (C=N–C) groups is 1. The molecule has 0 bridgehead atoms. The first-order valence-corrected chi connectivity index (χ1v) is 8.50. The van der Waals surface area contributed by atoms with Gasteiger partial charge in [-0.3, -0.25) is 9.48 Å². The van der Waals surface area contributed by atoms with E-state index >= 15 is 0 Å². The zero-order valence-electron chi connectivity index (χ0n) is 15.5. The van der Waals surface area contributed by atoms with E-state index in [-0.39, 0.29) is 36.4 Å². The summed E-state index contributed by atoms with van der Waals surface area (Å²) < 4.78 is 1.78. The summed E-state index contributed by atoms with van der Waals surface area (Å²) in [5, 5.41) is 13.2. The molecule has 0 aliphatic rings. The Labute approximate surface area is 171 Å². The minimum absolute atomic E-state index is 0. The highest BCUT2D eigenvalue weighted by atomic mass is 127. The highest BCUT2D eigenvalue weighted by molar-refractivity contribution is 14.0. The Balaban J connectivity index is 0.00000338. The molecule has 0 atom stereocenters. The van der Waals surface area contributed by atoms with Crippen LogP contribution in [-0.4, -0.2) is 34.7 Å². The van der Waals surface area contributed by atoms with E-state index in [9.17, 15) is 4.79 Å². The van der Waals surface area contributed by atoms with Crippen molar-refractivity contribution in [3.63, 3.8) is 0 Å². The van der Waals surface area contributed by atoms with Crippen LogP contribution in [0.2, 0.25) is 0 Å². The molecule has 0 aliphatic carbocycles. The van der Waals surface area contributed by atoms with Gasteiger partial charge < -0.3 is 16.0 Å². The molecule has 0 radical (unpaired) electrons. The number of hydrogen-bond acceptors (Lipinski definition) is 3. The van der Waals surface area contributed by atoms with Crippen molar-refractivity contribution in [2.45, 2.75) is 26.8 Å². The van der Waals surface area contributed by atoms with Gasteiger partial charge in [-0.2, -0.15) is 5.10 Å². The standard InChI is InChI=1S/C18H26N6O.HI/c1-4-14-7-6-8-15(11-14)23-17(25)13-21-18(19-5-2)20-12-16-9-10-22-24(16)3;/h6-11H,4-5,12-13H2,1-3H3,(H,23,25)(H2,19,20,21);1H. The molecule has 2 aromatic rings. The Morgan fingerprint density at radius 3 is 2.69 bits per heavy atom. The minimum atomic E-state index is -0.112. The maximum absolute atomic E-state index is 12.1. The molecule has 0 saturated carbocycles. The number of rotatable bonds is 7. The molecule has 0 unspecified atom stereocenters. The van der Waals surface area contributed by atoms with Crippen LogP contribution in [0.1, 0.15) is 25.1 Å². The zero-order chi connectivity index (χ0) is 18.1. The Bertz CT molecular complexity index is 728. The molecule has 1 aromatic heterocycles. The first-order chi connectivity index (χ1) is 12.1. The van der Waals surface area contributed by atoms with Gasteiger partial charge in [-0.25, -0.2) is 4.99 Å². The second kappa shape index (κ2) is 11.5. The van der Waals surface area contributed by atoms with Crippen LogP contribution in [0.15, 0.2) is 41.5 Å². The number of carbonyl (C=O) groups excluding carboxylic acids is 1. The van der Waals surface area contributed by atoms with Crippen LogP contribution in [0.4, 0.5) is 5.69 Å². The number of benzene rings is 1. The van der Waals surface area contributed by atoms with Crippen molar-refractivity contribution in [3.05, 3.63) is 47.8 Å². The summed E-state index contributed by atoms with van der Waals surface area (Å²) in [6.07, 6.45) is 2.68. The normalized spacial score (nSPS) is 10.8. The third-order valence-electron chi connectivity index (χ3n) is 3.70. The lowest BCUT2D eigenvalue weighted by atomic mass is 10.1. The van der Waals surface area contributed by atoms with E-state index in [2.05, 4.69) is 33.0 Å². The lowest BCUT2D eigenvalue weighted by Crippen LogP contribution is -2.41. The highest BCUT2D eigenvalue weighted by Gasteiger charge is 2.05. The number of anilines is 1. The summed E-state index contributed by atoms with van der Waals surface area (Å²) in [5.74, 6) is 0.487. The predicted molar refractivity (Wildman–Crippen MR) is 116 cm³/mol. The molecule has 1 heterocycles. The summed E-state index contributed by atoms with van der Waals surface area (Å²) >= 11 is 0. The third kappa shape index (κ3) is 7.03. The number of nitrogens with zero attached hydrogens (tertiary/aromatic N) is 3. The van der Waals surface area contributed by atoms with Crippen LogP contribution in [0.25, 0.3) is 0 Å². The Morgan fingerprint density at radius 1 is 1.23 bits per heavy atom. The van der Waals surface area contributed by atoms with E-state index in [1.165, 1.54) is 5.56 Å². The Morgan fingerprint density at radius 2 is 2.04 bits per heavy atom. The van der Waals surface area contributed by atoms with Crippen molar-refractivity contribution in [1.82, 2.24) is 20.4 Å². The Kier molecular flexibility index (Phi) is 9.71. The number of nitrogens with one attached hydrogen (secondary N) is 3. The van der Waals surface area contributed by atoms with E-state index in [4.69, 9.17) is 0 Å². The SMILES string of the molecule is CCNC(=NCc1ccnn1C)NCC(=O)Nc1cccc(CC)c1.I. The lowest BCUT2D eigenvalue weighted by Gasteiger charge is -2.12. The van der Waals surface area contributed by atoms with Crippen molar-refractivity contribution in [3.8, 4) is 0 Å². The molecular formula is C18H27IN6O. The molecule has 1 aromatic carbocycles. The average molecular weight is 470 g/mol. The van der Waals surface area contributed by atoms with Gasteiger partial charge in [0.1, 0.15) is 0 Å². The van der Waals surface area contributed by atoms with Crippen LogP contribution in [0.3, 0.4) is 0 Å². The van der Waals surface area contributed by atoms with Crippen LogP contribution < -0.4 is 16.0 Å². The first kappa shape index (κ1) is 21.9. The molecule has 0 fully saturated rings. The van der Waals surface area contributed by atoms with Crippen molar-refractivity contribution in [2.75, 3.05) is 18.4 Å². The Hall–Kier alpha value is -2.10. The van der Waals surface area contributed by atoms with Crippen LogP contribution >= 0.6 is 24.0 Å². The fourth-order valence-electron chi connectivity index (χ4n) is 2.30. The number of hydrogen-bond donors (Lipinski definition) is 3. The summed E-state index contributed by atoms with van der Waals surface area (Å²) in [7, 11) is 1.88. The second-order valence-electron chi connectivity index (χ2n) is 5.60. The topological polar surface area (TPSA) is 83.3 Å². The van der Waals surface area contributed by atoms with E-state index < -0.39 is 0 Å². The maximum Gasteiger partial charge on any atom is 0.243 e. The lowest BCUT2D eigenvalue weighted by molar-refractivity contribution is -0.115. The summed E-state index contributed by atoms with van der Waals surface area (Å²) in [5.41, 5.74) is 3.00. The third-order valence-corrected chi connectivity index (χ3v) is 3.70. The largest absolute Gasteiger partial charge is 0.357 e. The number of carbonyl (C=O) groups is 1. The number of aromatic nitrogens is 2. The van der Waals surface area contributed by atoms with E-state index in [1.807, 2.05) is 44.3 Å². The first-order valence-electron chi connectivity index (χ1n) is 8.50. The zero-order valence-corrected chi connectivity index (χ0v) is 17.8. The monoisotopic (exact) mass is 470 g/mol. The predicted octanol–water partition coefficient (Wildman–Crippen LogP) is 2.29. The minimum Gasteiger partial charge on any atom is -0.357 e. The van der Waals surface area contributed by atoms with Gasteiger partial charge in [-0.05, 0) is 37.1 Å². The van der Waals surface area contributed by atoms with Crippen molar-refractivity contribution >= 4 is 41.5 Å². The van der Waals surface area contributed by atoms with Gasteiger partial charge in [0, 0.05) is 25.5 Å². The van der Waals surface area contributed by atoms with Gasteiger partial charge in [0.25, 0.3) is 0 Å². The molecule has 3 N–H and O–H groups in total. The van der Waals surface area contributed by atoms with Gasteiger partial charge in [0.05, 0.1) is 18.8 Å². The number of halogens is 1. The smallest absolute Gasteiger partial charge is 0.243 e. The van der Waals surface area contributed by atoms with Crippen LogP contribution in [-0.2, 0) is 24.8 Å². The fourth-order valence-corrected chi connectivity index (χ4v) is 2.30. The summed E-state index contributed by atoms with van der Waals surface area (Å²) in [6, 6.07) is 9.78. The van der Waals surface area contributed by atoms with Gasteiger partial charge in [0.2, 0.25) is 5.91 Å². The van der Waals surface area contributed by atoms with Crippen LogP contribution in [0, 0.1) is 0 Å². The second-order valence-corrected chi connectivity index (χ2v) is 5.60. The number of guanidine groups is 1. The summed E-state index contributed by atoms with van der Waals surface area (Å²) in [6.45, 7) is 5.43. The average Bonchev–Trinajstić information content (AvgIpc) is 3.02. The van der Waals surface area contributed by atoms with Gasteiger partial charge in [-0.15, -0.1) is 24.0 Å².